The number of rotatable bonds is 6. The van der Waals surface area contributed by atoms with Crippen LogP contribution in [0.15, 0.2) is 4.42 Å². The minimum absolute atomic E-state index is 0.225. The maximum atomic E-state index is 5.84. The van der Waals surface area contributed by atoms with Crippen LogP contribution in [0.25, 0.3) is 0 Å². The van der Waals surface area contributed by atoms with E-state index in [4.69, 9.17) is 16.0 Å². The molecule has 1 aromatic heterocycles. The Balaban J connectivity index is 1.63. The average molecular weight is 258 g/mol. The van der Waals surface area contributed by atoms with Crippen molar-refractivity contribution >= 4 is 17.6 Å². The topological polar surface area (TPSA) is 51.0 Å². The first-order valence-electron chi connectivity index (χ1n) is 6.47. The zero-order valence-electron chi connectivity index (χ0n) is 10.3. The molecule has 4 nitrogen and oxygen atoms in total. The average Bonchev–Trinajstić information content (AvgIpc) is 2.96. The van der Waals surface area contributed by atoms with E-state index in [-0.39, 0.29) is 5.38 Å². The molecule has 0 radical (unpaired) electrons. The van der Waals surface area contributed by atoms with Gasteiger partial charge in [-0.15, -0.1) is 16.7 Å². The number of hydrogen-bond acceptors (Lipinski definition) is 4. The fourth-order valence-corrected chi connectivity index (χ4v) is 2.44. The van der Waals surface area contributed by atoms with Crippen molar-refractivity contribution in [3.8, 4) is 0 Å². The van der Waals surface area contributed by atoms with E-state index in [9.17, 15) is 0 Å². The van der Waals surface area contributed by atoms with Crippen LogP contribution in [0.2, 0.25) is 0 Å². The van der Waals surface area contributed by atoms with Crippen LogP contribution in [-0.4, -0.2) is 16.7 Å². The predicted molar refractivity (Wildman–Crippen MR) is 68.2 cm³/mol. The van der Waals surface area contributed by atoms with Crippen LogP contribution in [0, 0.1) is 5.92 Å². The quantitative estimate of drug-likeness (QED) is 0.623. The van der Waals surface area contributed by atoms with Crippen molar-refractivity contribution in [2.75, 3.05) is 11.9 Å². The second-order valence-electron chi connectivity index (χ2n) is 4.78. The second kappa shape index (κ2) is 6.24. The minimum Gasteiger partial charge on any atom is -0.407 e. The van der Waals surface area contributed by atoms with E-state index in [2.05, 4.69) is 15.5 Å². The lowest BCUT2D eigenvalue weighted by Crippen LogP contribution is -2.04. The number of halogens is 1. The van der Waals surface area contributed by atoms with Crippen molar-refractivity contribution in [1.82, 2.24) is 10.2 Å². The summed E-state index contributed by atoms with van der Waals surface area (Å²) in [7, 11) is 0. The van der Waals surface area contributed by atoms with Gasteiger partial charge in [-0.1, -0.05) is 30.8 Å². The molecule has 5 heteroatoms. The van der Waals surface area contributed by atoms with Gasteiger partial charge in [0.2, 0.25) is 5.89 Å². The normalized spacial score (nSPS) is 18.5. The molecule has 1 atom stereocenters. The van der Waals surface area contributed by atoms with Crippen molar-refractivity contribution in [3.63, 3.8) is 0 Å². The fraction of sp³-hybridized carbons (Fsp3) is 0.833. The molecule has 0 aromatic carbocycles. The van der Waals surface area contributed by atoms with Gasteiger partial charge in [-0.2, -0.15) is 0 Å². The Morgan fingerprint density at radius 1 is 1.41 bits per heavy atom. The molecule has 1 saturated carbocycles. The smallest absolute Gasteiger partial charge is 0.315 e. The highest BCUT2D eigenvalue weighted by Crippen LogP contribution is 2.28. The van der Waals surface area contributed by atoms with Gasteiger partial charge in [0.05, 0.1) is 0 Å². The van der Waals surface area contributed by atoms with Crippen LogP contribution in [0.3, 0.4) is 0 Å². The van der Waals surface area contributed by atoms with E-state index in [1.807, 2.05) is 6.92 Å². The van der Waals surface area contributed by atoms with E-state index in [0.717, 1.165) is 12.5 Å². The van der Waals surface area contributed by atoms with Gasteiger partial charge >= 0.3 is 6.01 Å². The Kier molecular flexibility index (Phi) is 4.66. The third kappa shape index (κ3) is 3.87. The Bertz CT molecular complexity index is 334. The Morgan fingerprint density at radius 2 is 2.18 bits per heavy atom. The lowest BCUT2D eigenvalue weighted by molar-refractivity contribution is 0.482. The molecule has 96 valence electrons. The summed E-state index contributed by atoms with van der Waals surface area (Å²) < 4.78 is 5.35. The van der Waals surface area contributed by atoms with Gasteiger partial charge in [0.15, 0.2) is 0 Å². The molecule has 1 aliphatic rings. The van der Waals surface area contributed by atoms with Crippen LogP contribution in [0.4, 0.5) is 6.01 Å². The standard InChI is InChI=1S/C12H20ClN3O/c1-9(13)11-15-16-12(17-11)14-8-4-7-10-5-2-3-6-10/h9-10H,2-8H2,1H3,(H,14,16). The number of hydrogen-bond donors (Lipinski definition) is 1. The van der Waals surface area contributed by atoms with Gasteiger partial charge in [-0.25, -0.2) is 0 Å². The molecule has 0 aliphatic heterocycles. The lowest BCUT2D eigenvalue weighted by atomic mass is 10.0. The number of nitrogens with zero attached hydrogens (tertiary/aromatic N) is 2. The summed E-state index contributed by atoms with van der Waals surface area (Å²) in [5.74, 6) is 1.42. The molecule has 0 bridgehead atoms. The van der Waals surface area contributed by atoms with Gasteiger partial charge in [-0.3, -0.25) is 0 Å². The molecule has 2 rings (SSSR count). The summed E-state index contributed by atoms with van der Waals surface area (Å²) in [4.78, 5) is 0. The highest BCUT2D eigenvalue weighted by Gasteiger charge is 2.14. The molecule has 0 amide bonds. The van der Waals surface area contributed by atoms with Crippen molar-refractivity contribution in [2.45, 2.75) is 50.8 Å². The monoisotopic (exact) mass is 257 g/mol. The van der Waals surface area contributed by atoms with E-state index in [1.54, 1.807) is 0 Å². The summed E-state index contributed by atoms with van der Waals surface area (Å²) >= 11 is 5.84. The first kappa shape index (κ1) is 12.7. The highest BCUT2D eigenvalue weighted by atomic mass is 35.5. The largest absolute Gasteiger partial charge is 0.407 e. The Morgan fingerprint density at radius 3 is 2.82 bits per heavy atom. The molecule has 1 aromatic rings. The van der Waals surface area contributed by atoms with E-state index in [0.29, 0.717) is 11.9 Å². The number of anilines is 1. The molecule has 1 aliphatic carbocycles. The van der Waals surface area contributed by atoms with E-state index in [1.165, 1.54) is 38.5 Å². The van der Waals surface area contributed by atoms with Gasteiger partial charge in [-0.05, 0) is 25.7 Å². The second-order valence-corrected chi connectivity index (χ2v) is 5.44. The molecular weight excluding hydrogens is 238 g/mol. The van der Waals surface area contributed by atoms with E-state index >= 15 is 0 Å². The van der Waals surface area contributed by atoms with Gasteiger partial charge in [0.1, 0.15) is 5.38 Å². The summed E-state index contributed by atoms with van der Waals surface area (Å²) in [5, 5.41) is 10.7. The van der Waals surface area contributed by atoms with Crippen molar-refractivity contribution < 1.29 is 4.42 Å². The van der Waals surface area contributed by atoms with Crippen LogP contribution in [0.1, 0.15) is 56.7 Å². The Hall–Kier alpha value is -0.770. The van der Waals surface area contributed by atoms with Gasteiger partial charge in [0.25, 0.3) is 0 Å². The van der Waals surface area contributed by atoms with Gasteiger partial charge < -0.3 is 9.73 Å². The maximum absolute atomic E-state index is 5.84. The van der Waals surface area contributed by atoms with Crippen molar-refractivity contribution in [1.29, 1.82) is 0 Å². The molecule has 1 heterocycles. The number of nitrogens with one attached hydrogen (secondary N) is 1. The minimum atomic E-state index is -0.225. The molecule has 0 saturated heterocycles. The molecule has 17 heavy (non-hydrogen) atoms. The molecular formula is C12H20ClN3O. The van der Waals surface area contributed by atoms with Crippen LogP contribution in [-0.2, 0) is 0 Å². The molecule has 1 fully saturated rings. The highest BCUT2D eigenvalue weighted by molar-refractivity contribution is 6.20. The summed E-state index contributed by atoms with van der Waals surface area (Å²) in [6.45, 7) is 2.72. The first-order chi connectivity index (χ1) is 8.25. The lowest BCUT2D eigenvalue weighted by Gasteiger charge is -2.07. The van der Waals surface area contributed by atoms with Crippen LogP contribution in [0.5, 0.6) is 0 Å². The third-order valence-electron chi connectivity index (χ3n) is 3.32. The zero-order chi connectivity index (χ0) is 12.1. The first-order valence-corrected chi connectivity index (χ1v) is 6.90. The summed E-state index contributed by atoms with van der Waals surface area (Å²) in [6, 6.07) is 0.485. The number of alkyl halides is 1. The van der Waals surface area contributed by atoms with Gasteiger partial charge in [0, 0.05) is 6.54 Å². The summed E-state index contributed by atoms with van der Waals surface area (Å²) in [6.07, 6.45) is 8.12. The van der Waals surface area contributed by atoms with Crippen molar-refractivity contribution in [2.24, 2.45) is 5.92 Å². The summed E-state index contributed by atoms with van der Waals surface area (Å²) in [5.41, 5.74) is 0. The maximum Gasteiger partial charge on any atom is 0.315 e. The fourth-order valence-electron chi connectivity index (χ4n) is 2.35. The molecule has 1 N–H and O–H groups in total. The van der Waals surface area contributed by atoms with Crippen LogP contribution >= 0.6 is 11.6 Å². The Labute approximate surface area is 107 Å². The van der Waals surface area contributed by atoms with Crippen molar-refractivity contribution in [3.05, 3.63) is 5.89 Å². The predicted octanol–water partition coefficient (Wildman–Crippen LogP) is 3.75. The molecule has 1 unspecified atom stereocenters. The van der Waals surface area contributed by atoms with E-state index < -0.39 is 0 Å². The van der Waals surface area contributed by atoms with Crippen LogP contribution < -0.4 is 5.32 Å². The molecule has 0 spiro atoms. The zero-order valence-corrected chi connectivity index (χ0v) is 11.0. The SMILES string of the molecule is CC(Cl)c1nnc(NCCCC2CCCC2)o1. The number of aromatic nitrogens is 2. The third-order valence-corrected chi connectivity index (χ3v) is 3.51.